The molecule has 0 aliphatic heterocycles. The average Bonchev–Trinajstić information content (AvgIpc) is 3.19. The third kappa shape index (κ3) is 3.55. The number of pyridine rings is 1. The number of fused-ring (bicyclic) bond motifs is 1. The highest BCUT2D eigenvalue weighted by Crippen LogP contribution is 2.31. The van der Waals surface area contributed by atoms with Crippen LogP contribution in [0.25, 0.3) is 33.7 Å². The van der Waals surface area contributed by atoms with Gasteiger partial charge in [0.15, 0.2) is 0 Å². The second-order valence-electron chi connectivity index (χ2n) is 7.13. The van der Waals surface area contributed by atoms with E-state index in [1.54, 1.807) is 24.5 Å². The molecule has 0 radical (unpaired) electrons. The summed E-state index contributed by atoms with van der Waals surface area (Å²) < 4.78 is 13.3. The van der Waals surface area contributed by atoms with Crippen LogP contribution in [0.4, 0.5) is 4.39 Å². The van der Waals surface area contributed by atoms with Gasteiger partial charge in [-0.15, -0.1) is 0 Å². The van der Waals surface area contributed by atoms with E-state index in [0.29, 0.717) is 6.42 Å². The van der Waals surface area contributed by atoms with Gasteiger partial charge in [-0.3, -0.25) is 15.0 Å². The lowest BCUT2D eigenvalue weighted by Crippen LogP contribution is -1.91. The first-order valence-electron chi connectivity index (χ1n) is 9.64. The van der Waals surface area contributed by atoms with Gasteiger partial charge >= 0.3 is 0 Å². The molecule has 5 nitrogen and oxygen atoms in total. The van der Waals surface area contributed by atoms with E-state index < -0.39 is 0 Å². The van der Waals surface area contributed by atoms with Gasteiger partial charge in [0.25, 0.3) is 0 Å². The summed E-state index contributed by atoms with van der Waals surface area (Å²) in [5, 5.41) is 0. The van der Waals surface area contributed by atoms with Gasteiger partial charge in [-0.1, -0.05) is 24.3 Å². The number of aromatic amines is 1. The molecule has 0 atom stereocenters. The largest absolute Gasteiger partial charge is 0.340 e. The van der Waals surface area contributed by atoms with E-state index in [-0.39, 0.29) is 5.82 Å². The predicted octanol–water partition coefficient (Wildman–Crippen LogP) is 5.12. The quantitative estimate of drug-likeness (QED) is 0.459. The highest BCUT2D eigenvalue weighted by atomic mass is 19.1. The first kappa shape index (κ1) is 18.1. The molecule has 0 unspecified atom stereocenters. The summed E-state index contributed by atoms with van der Waals surface area (Å²) in [6, 6.07) is 18.3. The third-order valence-electron chi connectivity index (χ3n) is 4.92. The molecule has 5 aromatic rings. The zero-order valence-corrected chi connectivity index (χ0v) is 16.3. The summed E-state index contributed by atoms with van der Waals surface area (Å²) in [6.07, 6.45) is 3.92. The predicted molar refractivity (Wildman–Crippen MR) is 114 cm³/mol. The van der Waals surface area contributed by atoms with E-state index in [1.807, 2.05) is 43.3 Å². The number of H-pyrrole nitrogens is 1. The van der Waals surface area contributed by atoms with Crippen molar-refractivity contribution in [1.82, 2.24) is 24.9 Å². The molecule has 5 rings (SSSR count). The summed E-state index contributed by atoms with van der Waals surface area (Å²) >= 11 is 0. The Bertz CT molecular complexity index is 1340. The van der Waals surface area contributed by atoms with Crippen molar-refractivity contribution in [2.75, 3.05) is 0 Å². The monoisotopic (exact) mass is 395 g/mol. The molecule has 6 heteroatoms. The Kier molecular flexibility index (Phi) is 4.52. The van der Waals surface area contributed by atoms with Crippen LogP contribution in [0.2, 0.25) is 0 Å². The first-order valence-corrected chi connectivity index (χ1v) is 9.64. The van der Waals surface area contributed by atoms with Crippen LogP contribution in [0.1, 0.15) is 17.1 Å². The van der Waals surface area contributed by atoms with Crippen LogP contribution >= 0.6 is 0 Å². The Labute approximate surface area is 172 Å². The van der Waals surface area contributed by atoms with E-state index in [9.17, 15) is 4.39 Å². The Morgan fingerprint density at radius 3 is 2.47 bits per heavy atom. The van der Waals surface area contributed by atoms with Crippen LogP contribution in [0.15, 0.2) is 73.1 Å². The Morgan fingerprint density at radius 1 is 0.867 bits per heavy atom. The van der Waals surface area contributed by atoms with Gasteiger partial charge in [0.05, 0.1) is 28.1 Å². The zero-order chi connectivity index (χ0) is 20.5. The lowest BCUT2D eigenvalue weighted by Gasteiger charge is -2.04. The molecule has 0 saturated carbocycles. The smallest absolute Gasteiger partial charge is 0.123 e. The highest BCUT2D eigenvalue weighted by Gasteiger charge is 2.16. The number of aromatic nitrogens is 5. The molecule has 146 valence electrons. The lowest BCUT2D eigenvalue weighted by atomic mass is 10.1. The Hall–Kier alpha value is -3.93. The SMILES string of the molecule is Cc1cccc(-c2[nH]c(Cc3ccc(F)cc3)nc2-c2ccc3nccnc3c2)n1. The van der Waals surface area contributed by atoms with Gasteiger partial charge in [0.2, 0.25) is 0 Å². The summed E-state index contributed by atoms with van der Waals surface area (Å²) in [7, 11) is 0. The number of aryl methyl sites for hydroxylation is 1. The normalized spacial score (nSPS) is 11.1. The van der Waals surface area contributed by atoms with E-state index >= 15 is 0 Å². The van der Waals surface area contributed by atoms with Crippen molar-refractivity contribution < 1.29 is 4.39 Å². The van der Waals surface area contributed by atoms with Crippen molar-refractivity contribution >= 4 is 11.0 Å². The zero-order valence-electron chi connectivity index (χ0n) is 16.3. The summed E-state index contributed by atoms with van der Waals surface area (Å²) in [6.45, 7) is 1.96. The van der Waals surface area contributed by atoms with E-state index in [0.717, 1.165) is 50.8 Å². The maximum Gasteiger partial charge on any atom is 0.123 e. The molecule has 1 N–H and O–H groups in total. The second kappa shape index (κ2) is 7.48. The van der Waals surface area contributed by atoms with E-state index in [1.165, 1.54) is 12.1 Å². The van der Waals surface area contributed by atoms with Crippen LogP contribution in [0, 0.1) is 12.7 Å². The van der Waals surface area contributed by atoms with Crippen molar-refractivity contribution in [2.24, 2.45) is 0 Å². The summed E-state index contributed by atoms with van der Waals surface area (Å²) in [4.78, 5) is 21.7. The molecule has 0 aliphatic rings. The fourth-order valence-corrected chi connectivity index (χ4v) is 3.49. The molecular formula is C24H18FN5. The highest BCUT2D eigenvalue weighted by molar-refractivity contribution is 5.84. The molecule has 2 aromatic carbocycles. The van der Waals surface area contributed by atoms with Crippen molar-refractivity contribution in [3.63, 3.8) is 0 Å². The van der Waals surface area contributed by atoms with Gasteiger partial charge in [-0.25, -0.2) is 9.37 Å². The molecule has 3 heterocycles. The minimum atomic E-state index is -0.249. The fraction of sp³-hybridized carbons (Fsp3) is 0.0833. The molecular weight excluding hydrogens is 377 g/mol. The first-order chi connectivity index (χ1) is 14.7. The topological polar surface area (TPSA) is 67.3 Å². The maximum absolute atomic E-state index is 13.3. The van der Waals surface area contributed by atoms with Crippen LogP contribution in [0.5, 0.6) is 0 Å². The van der Waals surface area contributed by atoms with Crippen LogP contribution < -0.4 is 0 Å². The number of benzene rings is 2. The van der Waals surface area contributed by atoms with Crippen molar-refractivity contribution in [3.05, 3.63) is 96.0 Å². The molecule has 0 aliphatic carbocycles. The summed E-state index contributed by atoms with van der Waals surface area (Å²) in [5.74, 6) is 0.537. The molecule has 0 amide bonds. The van der Waals surface area contributed by atoms with E-state index in [2.05, 4.69) is 19.9 Å². The van der Waals surface area contributed by atoms with E-state index in [4.69, 9.17) is 4.98 Å². The number of nitrogens with one attached hydrogen (secondary N) is 1. The van der Waals surface area contributed by atoms with Gasteiger partial charge < -0.3 is 4.98 Å². The molecule has 0 spiro atoms. The lowest BCUT2D eigenvalue weighted by molar-refractivity contribution is 0.627. The second-order valence-corrected chi connectivity index (χ2v) is 7.13. The van der Waals surface area contributed by atoms with Gasteiger partial charge in [-0.05, 0) is 48.9 Å². The minimum absolute atomic E-state index is 0.249. The average molecular weight is 395 g/mol. The number of halogens is 1. The molecule has 0 saturated heterocycles. The molecule has 0 fully saturated rings. The standard InChI is InChI=1S/C24H18FN5/c1-15-3-2-4-20(28-15)24-23(17-7-10-19-21(14-17)27-12-11-26-19)29-22(30-24)13-16-5-8-18(25)9-6-16/h2-12,14H,13H2,1H3,(H,29,30). The van der Waals surface area contributed by atoms with Crippen molar-refractivity contribution in [2.45, 2.75) is 13.3 Å². The van der Waals surface area contributed by atoms with Gasteiger partial charge in [-0.2, -0.15) is 0 Å². The Balaban J connectivity index is 1.63. The fourth-order valence-electron chi connectivity index (χ4n) is 3.49. The number of hydrogen-bond donors (Lipinski definition) is 1. The maximum atomic E-state index is 13.3. The van der Waals surface area contributed by atoms with Crippen molar-refractivity contribution in [3.8, 4) is 22.6 Å². The minimum Gasteiger partial charge on any atom is -0.340 e. The van der Waals surface area contributed by atoms with Gasteiger partial charge in [0, 0.05) is 30.1 Å². The number of rotatable bonds is 4. The van der Waals surface area contributed by atoms with Crippen LogP contribution in [0.3, 0.4) is 0 Å². The number of hydrogen-bond acceptors (Lipinski definition) is 4. The Morgan fingerprint density at radius 2 is 1.67 bits per heavy atom. The third-order valence-corrected chi connectivity index (χ3v) is 4.92. The summed E-state index contributed by atoms with van der Waals surface area (Å²) in [5.41, 5.74) is 6.95. The van der Waals surface area contributed by atoms with Crippen molar-refractivity contribution in [1.29, 1.82) is 0 Å². The number of nitrogens with zero attached hydrogens (tertiary/aromatic N) is 4. The molecule has 0 bridgehead atoms. The van der Waals surface area contributed by atoms with Crippen LogP contribution in [-0.4, -0.2) is 24.9 Å². The molecule has 30 heavy (non-hydrogen) atoms. The van der Waals surface area contributed by atoms with Gasteiger partial charge in [0.1, 0.15) is 11.6 Å². The number of imidazole rings is 1. The van der Waals surface area contributed by atoms with Crippen LogP contribution in [-0.2, 0) is 6.42 Å². The molecule has 3 aromatic heterocycles.